The van der Waals surface area contributed by atoms with E-state index in [1.165, 1.54) is 25.7 Å². The topological polar surface area (TPSA) is 92.1 Å². The second-order valence-electron chi connectivity index (χ2n) is 8.62. The van der Waals surface area contributed by atoms with Crippen LogP contribution in [0, 0.1) is 5.92 Å². The third-order valence-corrected chi connectivity index (χ3v) is 6.41. The van der Waals surface area contributed by atoms with Crippen LogP contribution in [0.25, 0.3) is 10.9 Å². The smallest absolute Gasteiger partial charge is 0.258 e. The largest absolute Gasteiger partial charge is 0.333 e. The number of hydrogen-bond donors (Lipinski definition) is 2. The number of aromatic nitrogens is 2. The molecule has 1 aliphatic rings. The van der Waals surface area contributed by atoms with E-state index in [1.54, 1.807) is 6.07 Å². The second-order valence-corrected chi connectivity index (χ2v) is 8.62. The van der Waals surface area contributed by atoms with Crippen molar-refractivity contribution in [2.45, 2.75) is 77.2 Å². The number of nitrogens with one attached hydrogen (secondary N) is 1. The van der Waals surface area contributed by atoms with Crippen LogP contribution in [0.2, 0.25) is 0 Å². The minimum Gasteiger partial charge on any atom is -0.333 e. The standard InChI is InChI=1S/C24H36N4O2/c1-18(23-26-21-13-7-6-12-20(21)24(30)27-23)28(17-9-3-2-8-16-25)22(29)15-14-19-10-4-5-11-19/h6-7,12-13,18-19H,2-5,8-11,14-17,25H2,1H3,(H,26,27,30)/t18-/m0/s1. The number of aromatic amines is 1. The number of fused-ring (bicyclic) bond motifs is 1. The van der Waals surface area contributed by atoms with Gasteiger partial charge in [-0.15, -0.1) is 0 Å². The summed E-state index contributed by atoms with van der Waals surface area (Å²) in [5.41, 5.74) is 6.12. The lowest BCUT2D eigenvalue weighted by Crippen LogP contribution is -2.36. The van der Waals surface area contributed by atoms with Crippen LogP contribution in [0.3, 0.4) is 0 Å². The van der Waals surface area contributed by atoms with Gasteiger partial charge in [-0.05, 0) is 50.8 Å². The number of hydrogen-bond acceptors (Lipinski definition) is 4. The van der Waals surface area contributed by atoms with Crippen molar-refractivity contribution in [3.05, 3.63) is 40.4 Å². The van der Waals surface area contributed by atoms with Gasteiger partial charge in [-0.2, -0.15) is 0 Å². The molecule has 164 valence electrons. The summed E-state index contributed by atoms with van der Waals surface area (Å²) >= 11 is 0. The molecule has 0 saturated heterocycles. The van der Waals surface area contributed by atoms with Crippen molar-refractivity contribution >= 4 is 16.8 Å². The fourth-order valence-corrected chi connectivity index (χ4v) is 4.53. The first-order chi connectivity index (χ1) is 14.6. The summed E-state index contributed by atoms with van der Waals surface area (Å²) in [5, 5.41) is 0.578. The Bertz CT molecular complexity index is 873. The Morgan fingerprint density at radius 3 is 2.70 bits per heavy atom. The van der Waals surface area contributed by atoms with E-state index in [0.717, 1.165) is 32.1 Å². The first kappa shape index (κ1) is 22.5. The van der Waals surface area contributed by atoms with Gasteiger partial charge >= 0.3 is 0 Å². The lowest BCUT2D eigenvalue weighted by molar-refractivity contribution is -0.134. The van der Waals surface area contributed by atoms with Crippen molar-refractivity contribution in [2.24, 2.45) is 11.7 Å². The quantitative estimate of drug-likeness (QED) is 0.538. The van der Waals surface area contributed by atoms with Crippen molar-refractivity contribution < 1.29 is 4.79 Å². The third-order valence-electron chi connectivity index (χ3n) is 6.41. The van der Waals surface area contributed by atoms with Crippen molar-refractivity contribution in [3.63, 3.8) is 0 Å². The number of carbonyl (C=O) groups is 1. The van der Waals surface area contributed by atoms with E-state index in [4.69, 9.17) is 5.73 Å². The number of nitrogens with two attached hydrogens (primary N) is 1. The molecule has 1 fully saturated rings. The lowest BCUT2D eigenvalue weighted by Gasteiger charge is -2.29. The number of H-pyrrole nitrogens is 1. The van der Waals surface area contributed by atoms with E-state index < -0.39 is 0 Å². The summed E-state index contributed by atoms with van der Waals surface area (Å²) < 4.78 is 0. The average Bonchev–Trinajstić information content (AvgIpc) is 3.28. The highest BCUT2D eigenvalue weighted by Crippen LogP contribution is 2.29. The molecule has 2 aromatic rings. The van der Waals surface area contributed by atoms with Crippen LogP contribution in [0.5, 0.6) is 0 Å². The Balaban J connectivity index is 1.73. The maximum absolute atomic E-state index is 13.2. The number of amides is 1. The zero-order valence-electron chi connectivity index (χ0n) is 18.2. The lowest BCUT2D eigenvalue weighted by atomic mass is 10.0. The van der Waals surface area contributed by atoms with Crippen molar-refractivity contribution in [2.75, 3.05) is 13.1 Å². The van der Waals surface area contributed by atoms with Crippen molar-refractivity contribution in [1.29, 1.82) is 0 Å². The van der Waals surface area contributed by atoms with Crippen molar-refractivity contribution in [3.8, 4) is 0 Å². The Morgan fingerprint density at radius 2 is 1.93 bits per heavy atom. The number of nitrogens with zero attached hydrogens (tertiary/aromatic N) is 2. The van der Waals surface area contributed by atoms with Crippen LogP contribution >= 0.6 is 0 Å². The molecule has 6 heteroatoms. The summed E-state index contributed by atoms with van der Waals surface area (Å²) in [7, 11) is 0. The maximum atomic E-state index is 13.2. The van der Waals surface area contributed by atoms with Gasteiger partial charge in [-0.3, -0.25) is 9.59 Å². The zero-order chi connectivity index (χ0) is 21.3. The van der Waals surface area contributed by atoms with Gasteiger partial charge in [-0.25, -0.2) is 4.98 Å². The second kappa shape index (κ2) is 11.3. The number of unbranched alkanes of at least 4 members (excludes halogenated alkanes) is 3. The minimum absolute atomic E-state index is 0.149. The van der Waals surface area contributed by atoms with Gasteiger partial charge in [0.25, 0.3) is 5.56 Å². The van der Waals surface area contributed by atoms with Crippen LogP contribution in [0.1, 0.15) is 83.0 Å². The van der Waals surface area contributed by atoms with Gasteiger partial charge in [0.2, 0.25) is 5.91 Å². The van der Waals surface area contributed by atoms with Gasteiger partial charge in [0.05, 0.1) is 16.9 Å². The molecule has 3 rings (SSSR count). The van der Waals surface area contributed by atoms with Gasteiger partial charge in [0.15, 0.2) is 0 Å². The predicted octanol–water partition coefficient (Wildman–Crippen LogP) is 4.30. The average molecular weight is 413 g/mol. The highest BCUT2D eigenvalue weighted by atomic mass is 16.2. The molecule has 1 heterocycles. The van der Waals surface area contributed by atoms with E-state index in [-0.39, 0.29) is 17.5 Å². The summed E-state index contributed by atoms with van der Waals surface area (Å²) in [4.78, 5) is 35.2. The van der Waals surface area contributed by atoms with E-state index in [2.05, 4.69) is 9.97 Å². The molecule has 1 aliphatic carbocycles. The van der Waals surface area contributed by atoms with E-state index >= 15 is 0 Å². The molecule has 0 bridgehead atoms. The number of benzene rings is 1. The molecule has 6 nitrogen and oxygen atoms in total. The zero-order valence-corrected chi connectivity index (χ0v) is 18.2. The molecule has 1 aromatic heterocycles. The molecule has 1 aromatic carbocycles. The van der Waals surface area contributed by atoms with Gasteiger partial charge in [-0.1, -0.05) is 50.7 Å². The first-order valence-electron chi connectivity index (χ1n) is 11.6. The summed E-state index contributed by atoms with van der Waals surface area (Å²) in [6, 6.07) is 7.08. The van der Waals surface area contributed by atoms with Gasteiger partial charge < -0.3 is 15.6 Å². The molecule has 1 atom stereocenters. The summed E-state index contributed by atoms with van der Waals surface area (Å²) in [6.07, 6.45) is 10.7. The first-order valence-corrected chi connectivity index (χ1v) is 11.6. The number of para-hydroxylation sites is 1. The fraction of sp³-hybridized carbons (Fsp3) is 0.625. The van der Waals surface area contributed by atoms with Crippen LogP contribution < -0.4 is 11.3 Å². The van der Waals surface area contributed by atoms with Gasteiger partial charge in [0, 0.05) is 13.0 Å². The Morgan fingerprint density at radius 1 is 1.20 bits per heavy atom. The van der Waals surface area contributed by atoms with Crippen molar-refractivity contribution in [1.82, 2.24) is 14.9 Å². The van der Waals surface area contributed by atoms with E-state index in [0.29, 0.717) is 42.2 Å². The molecule has 0 aliphatic heterocycles. The maximum Gasteiger partial charge on any atom is 0.258 e. The SMILES string of the molecule is C[C@@H](c1nc2ccccc2c(=O)[nH]1)N(CCCCCCN)C(=O)CCC1CCCC1. The molecule has 0 unspecified atom stereocenters. The molecule has 1 amide bonds. The van der Waals surface area contributed by atoms with E-state index in [9.17, 15) is 9.59 Å². The summed E-state index contributed by atoms with van der Waals surface area (Å²) in [6.45, 7) is 3.37. The number of carbonyl (C=O) groups excluding carboxylic acids is 1. The van der Waals surface area contributed by atoms with Crippen LogP contribution in [0.4, 0.5) is 0 Å². The minimum atomic E-state index is -0.257. The molecule has 30 heavy (non-hydrogen) atoms. The molecular weight excluding hydrogens is 376 g/mol. The van der Waals surface area contributed by atoms with Gasteiger partial charge in [0.1, 0.15) is 5.82 Å². The Hall–Kier alpha value is -2.21. The molecule has 0 spiro atoms. The van der Waals surface area contributed by atoms with Crippen LogP contribution in [-0.4, -0.2) is 33.9 Å². The monoisotopic (exact) mass is 412 g/mol. The number of rotatable bonds is 11. The highest BCUT2D eigenvalue weighted by Gasteiger charge is 2.25. The molecule has 3 N–H and O–H groups in total. The Labute approximate surface area is 179 Å². The predicted molar refractivity (Wildman–Crippen MR) is 121 cm³/mol. The van der Waals surface area contributed by atoms with E-state index in [1.807, 2.05) is 30.0 Å². The summed E-state index contributed by atoms with van der Waals surface area (Å²) in [5.74, 6) is 1.42. The van der Waals surface area contributed by atoms with Crippen LogP contribution in [0.15, 0.2) is 29.1 Å². The normalized spacial score (nSPS) is 15.5. The van der Waals surface area contributed by atoms with Crippen LogP contribution in [-0.2, 0) is 4.79 Å². The highest BCUT2D eigenvalue weighted by molar-refractivity contribution is 5.78. The molecule has 1 saturated carbocycles. The molecular formula is C24H36N4O2. The fourth-order valence-electron chi connectivity index (χ4n) is 4.53. The Kier molecular flexibility index (Phi) is 8.43. The molecule has 0 radical (unpaired) electrons. The third kappa shape index (κ3) is 5.91.